The van der Waals surface area contributed by atoms with E-state index < -0.39 is 0 Å². The van der Waals surface area contributed by atoms with Crippen molar-refractivity contribution in [1.82, 2.24) is 25.2 Å². The Morgan fingerprint density at radius 1 is 1.29 bits per heavy atom. The minimum Gasteiger partial charge on any atom is -0.477 e. The summed E-state index contributed by atoms with van der Waals surface area (Å²) in [5.74, 6) is 0.786. The van der Waals surface area contributed by atoms with Crippen molar-refractivity contribution in [2.45, 2.75) is 52.2 Å². The van der Waals surface area contributed by atoms with E-state index in [0.29, 0.717) is 36.8 Å². The first kappa shape index (κ1) is 21.4. The third-order valence-electron chi connectivity index (χ3n) is 5.50. The minimum absolute atomic E-state index is 0.176. The number of hydrogen-bond acceptors (Lipinski definition) is 7. The summed E-state index contributed by atoms with van der Waals surface area (Å²) in [7, 11) is 0. The van der Waals surface area contributed by atoms with Crippen molar-refractivity contribution in [2.24, 2.45) is 0 Å². The average Bonchev–Trinajstić information content (AvgIpc) is 3.15. The van der Waals surface area contributed by atoms with Crippen molar-refractivity contribution in [2.75, 3.05) is 31.1 Å². The summed E-state index contributed by atoms with van der Waals surface area (Å²) in [6, 6.07) is 1.73. The van der Waals surface area contributed by atoms with Crippen molar-refractivity contribution in [3.05, 3.63) is 41.2 Å². The van der Waals surface area contributed by atoms with Gasteiger partial charge in [-0.15, -0.1) is 0 Å². The fraction of sp³-hybridized carbons (Fsp3) is 0.545. The van der Waals surface area contributed by atoms with Crippen molar-refractivity contribution in [3.8, 4) is 5.88 Å². The van der Waals surface area contributed by atoms with E-state index in [1.807, 2.05) is 20.8 Å². The van der Waals surface area contributed by atoms with Gasteiger partial charge in [0.25, 0.3) is 5.91 Å². The first-order valence-corrected chi connectivity index (χ1v) is 10.6. The van der Waals surface area contributed by atoms with E-state index in [1.165, 1.54) is 6.20 Å². The maximum Gasteiger partial charge on any atom is 0.271 e. The van der Waals surface area contributed by atoms with Crippen LogP contribution < -0.4 is 15.0 Å². The van der Waals surface area contributed by atoms with Crippen LogP contribution in [-0.2, 0) is 13.0 Å². The smallest absolute Gasteiger partial charge is 0.271 e. The van der Waals surface area contributed by atoms with E-state index >= 15 is 0 Å². The van der Waals surface area contributed by atoms with Crippen molar-refractivity contribution in [3.63, 3.8) is 0 Å². The second kappa shape index (κ2) is 8.37. The standard InChI is InChI=1S/C22H29FN6O2/c1-14-12-29(19-11-24-17(10-25-19)20(30)27-22(2,3)4)7-6-28(14)13-18-16(23)9-15-5-8-31-21(15)26-18/h9-11,14H,5-8,12-13H2,1-4H3,(H,27,30)/t14-/m0/s1. The van der Waals surface area contributed by atoms with Gasteiger partial charge in [0, 0.05) is 49.7 Å². The monoisotopic (exact) mass is 428 g/mol. The van der Waals surface area contributed by atoms with Crippen LogP contribution in [0.15, 0.2) is 18.5 Å². The van der Waals surface area contributed by atoms with Crippen LogP contribution in [0.25, 0.3) is 0 Å². The molecule has 9 heteroatoms. The number of nitrogens with one attached hydrogen (secondary N) is 1. The van der Waals surface area contributed by atoms with Gasteiger partial charge in [0.15, 0.2) is 0 Å². The number of nitrogens with zero attached hydrogens (tertiary/aromatic N) is 5. The largest absolute Gasteiger partial charge is 0.477 e. The van der Waals surface area contributed by atoms with Crippen LogP contribution in [0.1, 0.15) is 49.4 Å². The Bertz CT molecular complexity index is 960. The van der Waals surface area contributed by atoms with Gasteiger partial charge in [0.05, 0.1) is 24.7 Å². The second-order valence-electron chi connectivity index (χ2n) is 9.21. The summed E-state index contributed by atoms with van der Waals surface area (Å²) in [5, 5.41) is 2.88. The number of hydrogen-bond donors (Lipinski definition) is 1. The first-order valence-electron chi connectivity index (χ1n) is 10.6. The zero-order valence-corrected chi connectivity index (χ0v) is 18.5. The quantitative estimate of drug-likeness (QED) is 0.799. The molecule has 0 spiro atoms. The molecule has 0 radical (unpaired) electrons. The van der Waals surface area contributed by atoms with Crippen LogP contribution in [0, 0.1) is 5.82 Å². The molecule has 2 aliphatic rings. The van der Waals surface area contributed by atoms with Gasteiger partial charge in [-0.3, -0.25) is 9.69 Å². The molecule has 4 rings (SSSR count). The molecule has 8 nitrogen and oxygen atoms in total. The number of carbonyl (C=O) groups excluding carboxylic acids is 1. The lowest BCUT2D eigenvalue weighted by Gasteiger charge is -2.40. The van der Waals surface area contributed by atoms with Gasteiger partial charge >= 0.3 is 0 Å². The number of ether oxygens (including phenoxy) is 1. The molecule has 4 heterocycles. The van der Waals surface area contributed by atoms with Crippen LogP contribution in [0.4, 0.5) is 10.2 Å². The Morgan fingerprint density at radius 3 is 2.77 bits per heavy atom. The van der Waals surface area contributed by atoms with Crippen molar-refractivity contribution in [1.29, 1.82) is 0 Å². The number of fused-ring (bicyclic) bond motifs is 1. The minimum atomic E-state index is -0.331. The van der Waals surface area contributed by atoms with Gasteiger partial charge in [-0.2, -0.15) is 0 Å². The lowest BCUT2D eigenvalue weighted by atomic mass is 10.1. The van der Waals surface area contributed by atoms with Crippen LogP contribution in [0.2, 0.25) is 0 Å². The number of piperazine rings is 1. The molecule has 1 fully saturated rings. The van der Waals surface area contributed by atoms with E-state index in [-0.39, 0.29) is 23.3 Å². The maximum atomic E-state index is 14.5. The molecular weight excluding hydrogens is 399 g/mol. The Kier molecular flexibility index (Phi) is 5.79. The highest BCUT2D eigenvalue weighted by molar-refractivity contribution is 5.92. The Balaban J connectivity index is 1.38. The van der Waals surface area contributed by atoms with E-state index in [9.17, 15) is 9.18 Å². The molecule has 0 aliphatic carbocycles. The van der Waals surface area contributed by atoms with Gasteiger partial charge < -0.3 is 15.0 Å². The zero-order chi connectivity index (χ0) is 22.2. The van der Waals surface area contributed by atoms with Gasteiger partial charge in [-0.25, -0.2) is 19.3 Å². The molecule has 1 N–H and O–H groups in total. The first-order chi connectivity index (χ1) is 14.7. The molecule has 0 aromatic carbocycles. The Morgan fingerprint density at radius 2 is 2.10 bits per heavy atom. The predicted octanol–water partition coefficient (Wildman–Crippen LogP) is 2.18. The molecule has 0 unspecified atom stereocenters. The fourth-order valence-corrected chi connectivity index (χ4v) is 3.86. The Labute approximate surface area is 181 Å². The SMILES string of the molecule is C[C@H]1CN(c2cnc(C(=O)NC(C)(C)C)cn2)CCN1Cc1nc2c(cc1F)CCO2. The molecule has 31 heavy (non-hydrogen) atoms. The summed E-state index contributed by atoms with van der Waals surface area (Å²) in [6.45, 7) is 11.1. The highest BCUT2D eigenvalue weighted by Crippen LogP contribution is 2.26. The predicted molar refractivity (Wildman–Crippen MR) is 115 cm³/mol. The van der Waals surface area contributed by atoms with Crippen LogP contribution in [-0.4, -0.2) is 63.6 Å². The molecule has 0 bridgehead atoms. The van der Waals surface area contributed by atoms with E-state index in [0.717, 1.165) is 31.0 Å². The molecule has 1 atom stereocenters. The van der Waals surface area contributed by atoms with E-state index in [2.05, 4.69) is 37.0 Å². The number of pyridine rings is 1. The van der Waals surface area contributed by atoms with E-state index in [1.54, 1.807) is 12.3 Å². The number of anilines is 1. The third-order valence-corrected chi connectivity index (χ3v) is 5.50. The summed E-state index contributed by atoms with van der Waals surface area (Å²) in [6.07, 6.45) is 3.86. The lowest BCUT2D eigenvalue weighted by Crippen LogP contribution is -2.52. The second-order valence-corrected chi connectivity index (χ2v) is 9.21. The molecule has 0 saturated carbocycles. The zero-order valence-electron chi connectivity index (χ0n) is 18.5. The fourth-order valence-electron chi connectivity index (χ4n) is 3.86. The topological polar surface area (TPSA) is 83.5 Å². The molecular formula is C22H29FN6O2. The number of rotatable bonds is 4. The van der Waals surface area contributed by atoms with Crippen LogP contribution >= 0.6 is 0 Å². The summed E-state index contributed by atoms with van der Waals surface area (Å²) in [5.41, 5.74) is 1.24. The Hall–Kier alpha value is -2.81. The average molecular weight is 429 g/mol. The number of amides is 1. The van der Waals surface area contributed by atoms with Crippen molar-refractivity contribution >= 4 is 11.7 Å². The molecule has 1 saturated heterocycles. The normalized spacial score (nSPS) is 19.1. The molecule has 166 valence electrons. The number of aromatic nitrogens is 3. The highest BCUT2D eigenvalue weighted by Gasteiger charge is 2.27. The van der Waals surface area contributed by atoms with Gasteiger partial charge in [0.1, 0.15) is 17.3 Å². The van der Waals surface area contributed by atoms with E-state index in [4.69, 9.17) is 4.74 Å². The highest BCUT2D eigenvalue weighted by atomic mass is 19.1. The summed E-state index contributed by atoms with van der Waals surface area (Å²) < 4.78 is 20.0. The molecule has 2 aliphatic heterocycles. The molecule has 2 aromatic rings. The summed E-state index contributed by atoms with van der Waals surface area (Å²) in [4.78, 5) is 29.7. The summed E-state index contributed by atoms with van der Waals surface area (Å²) >= 11 is 0. The number of halogens is 1. The molecule has 1 amide bonds. The van der Waals surface area contributed by atoms with Crippen molar-refractivity contribution < 1.29 is 13.9 Å². The lowest BCUT2D eigenvalue weighted by molar-refractivity contribution is 0.0914. The van der Waals surface area contributed by atoms with Gasteiger partial charge in [-0.05, 0) is 33.8 Å². The molecule has 2 aromatic heterocycles. The van der Waals surface area contributed by atoms with Gasteiger partial charge in [-0.1, -0.05) is 0 Å². The maximum absolute atomic E-state index is 14.5. The van der Waals surface area contributed by atoms with Gasteiger partial charge in [0.2, 0.25) is 5.88 Å². The van der Waals surface area contributed by atoms with Crippen LogP contribution in [0.3, 0.4) is 0 Å². The van der Waals surface area contributed by atoms with Crippen LogP contribution in [0.5, 0.6) is 5.88 Å². The third kappa shape index (κ3) is 4.92. The number of carbonyl (C=O) groups is 1.